The molecule has 2 nitrogen and oxygen atoms in total. The van der Waals surface area contributed by atoms with Gasteiger partial charge in [-0.2, -0.15) is 0 Å². The first-order valence-corrected chi connectivity index (χ1v) is 6.56. The van der Waals surface area contributed by atoms with Gasteiger partial charge in [0.05, 0.1) is 12.0 Å². The predicted octanol–water partition coefficient (Wildman–Crippen LogP) is 3.19. The maximum Gasteiger partial charge on any atom is 0.132 e. The van der Waals surface area contributed by atoms with Gasteiger partial charge >= 0.3 is 0 Å². The lowest BCUT2D eigenvalue weighted by atomic mass is 10.3. The SMILES string of the molecule is CNCC1(Sc2cc(Cl)ccc2OC)CC1. The molecule has 0 saturated heterocycles. The monoisotopic (exact) mass is 257 g/mol. The van der Waals surface area contributed by atoms with Gasteiger partial charge in [0.25, 0.3) is 0 Å². The van der Waals surface area contributed by atoms with Gasteiger partial charge in [-0.05, 0) is 38.1 Å². The van der Waals surface area contributed by atoms with Crippen LogP contribution in [-0.2, 0) is 0 Å². The second-order valence-corrected chi connectivity index (χ2v) is 6.06. The number of halogens is 1. The lowest BCUT2D eigenvalue weighted by Gasteiger charge is -2.16. The van der Waals surface area contributed by atoms with Crippen LogP contribution >= 0.6 is 23.4 Å². The first-order chi connectivity index (χ1) is 7.69. The summed E-state index contributed by atoms with van der Waals surface area (Å²) in [6.07, 6.45) is 2.52. The average Bonchev–Trinajstić information content (AvgIpc) is 2.99. The molecule has 0 atom stereocenters. The largest absolute Gasteiger partial charge is 0.496 e. The van der Waals surface area contributed by atoms with Gasteiger partial charge in [0, 0.05) is 16.3 Å². The smallest absolute Gasteiger partial charge is 0.132 e. The van der Waals surface area contributed by atoms with E-state index in [0.29, 0.717) is 4.75 Å². The summed E-state index contributed by atoms with van der Waals surface area (Å²) in [6.45, 7) is 1.04. The minimum Gasteiger partial charge on any atom is -0.496 e. The van der Waals surface area contributed by atoms with Gasteiger partial charge in [-0.15, -0.1) is 11.8 Å². The lowest BCUT2D eigenvalue weighted by molar-refractivity contribution is 0.404. The Morgan fingerprint density at radius 1 is 1.50 bits per heavy atom. The number of hydrogen-bond acceptors (Lipinski definition) is 3. The number of thioether (sulfide) groups is 1. The summed E-state index contributed by atoms with van der Waals surface area (Å²) in [7, 11) is 3.70. The van der Waals surface area contributed by atoms with Crippen molar-refractivity contribution in [2.24, 2.45) is 0 Å². The zero-order valence-corrected chi connectivity index (χ0v) is 11.1. The Kier molecular flexibility index (Phi) is 3.67. The van der Waals surface area contributed by atoms with E-state index in [9.17, 15) is 0 Å². The van der Waals surface area contributed by atoms with Crippen LogP contribution in [0.4, 0.5) is 0 Å². The van der Waals surface area contributed by atoms with E-state index in [4.69, 9.17) is 16.3 Å². The zero-order valence-electron chi connectivity index (χ0n) is 9.55. The first-order valence-electron chi connectivity index (χ1n) is 5.36. The third-order valence-electron chi connectivity index (χ3n) is 2.76. The number of methoxy groups -OCH3 is 1. The third kappa shape index (κ3) is 2.65. The van der Waals surface area contributed by atoms with Crippen LogP contribution in [0.25, 0.3) is 0 Å². The standard InChI is InChI=1S/C12H16ClNOS/c1-14-8-12(5-6-12)16-11-7-9(13)3-4-10(11)15-2/h3-4,7,14H,5-6,8H2,1-2H3. The van der Waals surface area contributed by atoms with Crippen molar-refractivity contribution in [3.05, 3.63) is 23.2 Å². The zero-order chi connectivity index (χ0) is 11.6. The lowest BCUT2D eigenvalue weighted by Crippen LogP contribution is -2.22. The molecule has 0 unspecified atom stereocenters. The third-order valence-corrected chi connectivity index (χ3v) is 4.52. The Labute approximate surface area is 106 Å². The number of benzene rings is 1. The fourth-order valence-electron chi connectivity index (χ4n) is 1.74. The number of ether oxygens (including phenoxy) is 1. The Bertz CT molecular complexity index is 379. The molecule has 1 aliphatic rings. The van der Waals surface area contributed by atoms with E-state index in [1.807, 2.05) is 37.0 Å². The van der Waals surface area contributed by atoms with Crippen molar-refractivity contribution in [3.63, 3.8) is 0 Å². The van der Waals surface area contributed by atoms with Crippen LogP contribution in [0.1, 0.15) is 12.8 Å². The van der Waals surface area contributed by atoms with Crippen LogP contribution in [0.5, 0.6) is 5.75 Å². The van der Waals surface area contributed by atoms with Crippen LogP contribution in [0, 0.1) is 0 Å². The summed E-state index contributed by atoms with van der Waals surface area (Å²) >= 11 is 7.89. The molecule has 0 radical (unpaired) electrons. The highest BCUT2D eigenvalue weighted by Gasteiger charge is 2.43. The van der Waals surface area contributed by atoms with Crippen LogP contribution in [0.3, 0.4) is 0 Å². The molecule has 2 rings (SSSR count). The summed E-state index contributed by atoms with van der Waals surface area (Å²) in [6, 6.07) is 5.78. The molecule has 0 bridgehead atoms. The minimum atomic E-state index is 0.354. The molecule has 1 aromatic rings. The molecule has 88 valence electrons. The summed E-state index contributed by atoms with van der Waals surface area (Å²) < 4.78 is 5.71. The maximum atomic E-state index is 6.02. The maximum absolute atomic E-state index is 6.02. The topological polar surface area (TPSA) is 21.3 Å². The van der Waals surface area contributed by atoms with Gasteiger partial charge in [-0.3, -0.25) is 0 Å². The summed E-state index contributed by atoms with van der Waals surface area (Å²) in [4.78, 5) is 1.14. The van der Waals surface area contributed by atoms with Crippen LogP contribution in [0.15, 0.2) is 23.1 Å². The highest BCUT2D eigenvalue weighted by Crippen LogP contribution is 2.53. The molecule has 1 aromatic carbocycles. The van der Waals surface area contributed by atoms with Gasteiger partial charge in [0.2, 0.25) is 0 Å². The van der Waals surface area contributed by atoms with Crippen molar-refractivity contribution >= 4 is 23.4 Å². The van der Waals surface area contributed by atoms with E-state index in [1.54, 1.807) is 7.11 Å². The van der Waals surface area contributed by atoms with Gasteiger partial charge < -0.3 is 10.1 Å². The summed E-state index contributed by atoms with van der Waals surface area (Å²) in [5.74, 6) is 0.914. The van der Waals surface area contributed by atoms with Crippen LogP contribution in [0.2, 0.25) is 5.02 Å². The van der Waals surface area contributed by atoms with E-state index in [-0.39, 0.29) is 0 Å². The number of rotatable bonds is 5. The summed E-state index contributed by atoms with van der Waals surface area (Å²) in [5, 5.41) is 4.02. The predicted molar refractivity (Wildman–Crippen MR) is 69.8 cm³/mol. The van der Waals surface area contributed by atoms with Gasteiger partial charge in [0.15, 0.2) is 0 Å². The molecule has 1 saturated carbocycles. The molecule has 0 aliphatic heterocycles. The van der Waals surface area contributed by atoms with Crippen molar-refractivity contribution in [2.75, 3.05) is 20.7 Å². The highest BCUT2D eigenvalue weighted by molar-refractivity contribution is 8.01. The van der Waals surface area contributed by atoms with Crippen LogP contribution < -0.4 is 10.1 Å². The molecule has 0 heterocycles. The molecule has 16 heavy (non-hydrogen) atoms. The molecule has 0 amide bonds. The van der Waals surface area contributed by atoms with E-state index >= 15 is 0 Å². The molecule has 1 aliphatic carbocycles. The fraction of sp³-hybridized carbons (Fsp3) is 0.500. The minimum absolute atomic E-state index is 0.354. The van der Waals surface area contributed by atoms with E-state index in [1.165, 1.54) is 12.8 Å². The van der Waals surface area contributed by atoms with E-state index < -0.39 is 0 Å². The van der Waals surface area contributed by atoms with Crippen molar-refractivity contribution < 1.29 is 4.74 Å². The number of hydrogen-bond donors (Lipinski definition) is 1. The van der Waals surface area contributed by atoms with Crippen molar-refractivity contribution in [1.29, 1.82) is 0 Å². The Morgan fingerprint density at radius 3 is 2.81 bits per heavy atom. The van der Waals surface area contributed by atoms with Crippen molar-refractivity contribution in [1.82, 2.24) is 5.32 Å². The molecule has 1 N–H and O–H groups in total. The Balaban J connectivity index is 2.17. The highest BCUT2D eigenvalue weighted by atomic mass is 35.5. The second kappa shape index (κ2) is 4.86. The van der Waals surface area contributed by atoms with Gasteiger partial charge in [-0.25, -0.2) is 0 Å². The van der Waals surface area contributed by atoms with Crippen molar-refractivity contribution in [3.8, 4) is 5.75 Å². The van der Waals surface area contributed by atoms with Crippen molar-refractivity contribution in [2.45, 2.75) is 22.5 Å². The molecule has 0 aromatic heterocycles. The van der Waals surface area contributed by atoms with E-state index in [0.717, 1.165) is 22.2 Å². The average molecular weight is 258 g/mol. The van der Waals surface area contributed by atoms with Gasteiger partial charge in [0.1, 0.15) is 5.75 Å². The molecular weight excluding hydrogens is 242 g/mol. The molecule has 1 fully saturated rings. The molecular formula is C12H16ClNOS. The Hall–Kier alpha value is -0.380. The van der Waals surface area contributed by atoms with Crippen LogP contribution in [-0.4, -0.2) is 25.4 Å². The quantitative estimate of drug-likeness (QED) is 0.875. The molecule has 0 spiro atoms. The second-order valence-electron chi connectivity index (χ2n) is 4.11. The summed E-state index contributed by atoms with van der Waals surface area (Å²) in [5.41, 5.74) is 0. The number of nitrogens with one attached hydrogen (secondary N) is 1. The van der Waals surface area contributed by atoms with Gasteiger partial charge in [-0.1, -0.05) is 11.6 Å². The Morgan fingerprint density at radius 2 is 2.25 bits per heavy atom. The van der Waals surface area contributed by atoms with E-state index in [2.05, 4.69) is 5.32 Å². The normalized spacial score (nSPS) is 17.2. The molecule has 4 heteroatoms. The fourth-order valence-corrected chi connectivity index (χ4v) is 3.40. The first kappa shape index (κ1) is 12.1.